The summed E-state index contributed by atoms with van der Waals surface area (Å²) in [5, 5.41) is 7.71. The molecule has 0 aliphatic carbocycles. The van der Waals surface area contributed by atoms with Crippen LogP contribution in [0.5, 0.6) is 0 Å². The number of hydrogen-bond acceptors (Lipinski definition) is 2. The van der Waals surface area contributed by atoms with E-state index in [0.717, 1.165) is 17.1 Å². The largest absolute Gasteiger partial charge is 0.362 e. The maximum absolute atomic E-state index is 13.1. The lowest BCUT2D eigenvalue weighted by molar-refractivity contribution is 0.627. The molecule has 0 fully saturated rings. The molecule has 5 heteroatoms. The lowest BCUT2D eigenvalue weighted by Gasteiger charge is -2.13. The van der Waals surface area contributed by atoms with E-state index in [1.807, 2.05) is 27.0 Å². The topological polar surface area (TPSA) is 29.9 Å². The SMILES string of the molecule is Cc1cc(NC(C)c2ccc(F)c(Cl)c2)nn1C. The third-order valence-electron chi connectivity index (χ3n) is 2.92. The van der Waals surface area contributed by atoms with Crippen molar-refractivity contribution in [2.75, 3.05) is 5.32 Å². The van der Waals surface area contributed by atoms with Gasteiger partial charge in [-0.1, -0.05) is 17.7 Å². The monoisotopic (exact) mass is 267 g/mol. The van der Waals surface area contributed by atoms with Gasteiger partial charge < -0.3 is 5.32 Å². The summed E-state index contributed by atoms with van der Waals surface area (Å²) in [5.74, 6) is 0.393. The van der Waals surface area contributed by atoms with Gasteiger partial charge in [0.05, 0.1) is 11.1 Å². The van der Waals surface area contributed by atoms with Gasteiger partial charge in [0.15, 0.2) is 0 Å². The highest BCUT2D eigenvalue weighted by atomic mass is 35.5. The van der Waals surface area contributed by atoms with Crippen molar-refractivity contribution in [1.82, 2.24) is 9.78 Å². The van der Waals surface area contributed by atoms with Gasteiger partial charge in [-0.3, -0.25) is 4.68 Å². The Bertz CT molecular complexity index is 546. The van der Waals surface area contributed by atoms with E-state index >= 15 is 0 Å². The van der Waals surface area contributed by atoms with Crippen LogP contribution in [0.2, 0.25) is 5.02 Å². The normalized spacial score (nSPS) is 12.5. The fourth-order valence-electron chi connectivity index (χ4n) is 1.72. The molecule has 0 radical (unpaired) electrons. The highest BCUT2D eigenvalue weighted by Crippen LogP contribution is 2.23. The average Bonchev–Trinajstić information content (AvgIpc) is 2.61. The van der Waals surface area contributed by atoms with Gasteiger partial charge in [0.25, 0.3) is 0 Å². The van der Waals surface area contributed by atoms with Crippen LogP contribution in [-0.2, 0) is 7.05 Å². The summed E-state index contributed by atoms with van der Waals surface area (Å²) in [6.07, 6.45) is 0. The molecular formula is C13H15ClFN3. The molecule has 0 saturated carbocycles. The molecule has 1 aromatic heterocycles. The summed E-state index contributed by atoms with van der Waals surface area (Å²) in [4.78, 5) is 0. The molecule has 1 N–H and O–H groups in total. The minimum absolute atomic E-state index is 0.0115. The van der Waals surface area contributed by atoms with Gasteiger partial charge in [0.2, 0.25) is 0 Å². The number of aromatic nitrogens is 2. The van der Waals surface area contributed by atoms with Gasteiger partial charge in [-0.2, -0.15) is 5.10 Å². The molecule has 1 unspecified atom stereocenters. The fraction of sp³-hybridized carbons (Fsp3) is 0.308. The van der Waals surface area contributed by atoms with E-state index in [4.69, 9.17) is 11.6 Å². The Morgan fingerprint density at radius 3 is 2.67 bits per heavy atom. The predicted molar refractivity (Wildman–Crippen MR) is 71.4 cm³/mol. The molecule has 18 heavy (non-hydrogen) atoms. The highest BCUT2D eigenvalue weighted by molar-refractivity contribution is 6.30. The minimum atomic E-state index is -0.402. The number of nitrogens with zero attached hydrogens (tertiary/aromatic N) is 2. The third-order valence-corrected chi connectivity index (χ3v) is 3.21. The van der Waals surface area contributed by atoms with Crippen LogP contribution in [0.4, 0.5) is 10.2 Å². The number of hydrogen-bond donors (Lipinski definition) is 1. The third kappa shape index (κ3) is 2.64. The maximum atomic E-state index is 13.1. The molecule has 3 nitrogen and oxygen atoms in total. The van der Waals surface area contributed by atoms with E-state index in [9.17, 15) is 4.39 Å². The molecule has 0 aliphatic heterocycles. The number of aryl methyl sites for hydroxylation is 2. The molecule has 2 rings (SSSR count). The van der Waals surface area contributed by atoms with Gasteiger partial charge >= 0.3 is 0 Å². The first-order chi connectivity index (χ1) is 8.47. The van der Waals surface area contributed by atoms with Crippen molar-refractivity contribution in [3.63, 3.8) is 0 Å². The summed E-state index contributed by atoms with van der Waals surface area (Å²) in [7, 11) is 1.89. The smallest absolute Gasteiger partial charge is 0.148 e. The van der Waals surface area contributed by atoms with Crippen LogP contribution in [0, 0.1) is 12.7 Å². The van der Waals surface area contributed by atoms with Crippen molar-refractivity contribution in [3.05, 3.63) is 46.4 Å². The lowest BCUT2D eigenvalue weighted by atomic mass is 10.1. The van der Waals surface area contributed by atoms with Gasteiger partial charge in [0.1, 0.15) is 11.6 Å². The molecule has 1 heterocycles. The van der Waals surface area contributed by atoms with Crippen molar-refractivity contribution in [2.45, 2.75) is 19.9 Å². The van der Waals surface area contributed by atoms with Gasteiger partial charge in [-0.25, -0.2) is 4.39 Å². The average molecular weight is 268 g/mol. The van der Waals surface area contributed by atoms with E-state index < -0.39 is 5.82 Å². The number of nitrogens with one attached hydrogen (secondary N) is 1. The van der Waals surface area contributed by atoms with Gasteiger partial charge in [-0.05, 0) is 31.5 Å². The minimum Gasteiger partial charge on any atom is -0.362 e. The van der Waals surface area contributed by atoms with Crippen molar-refractivity contribution in [2.24, 2.45) is 7.05 Å². The van der Waals surface area contributed by atoms with Crippen LogP contribution in [-0.4, -0.2) is 9.78 Å². The first kappa shape index (κ1) is 12.9. The zero-order chi connectivity index (χ0) is 13.3. The van der Waals surface area contributed by atoms with Crippen molar-refractivity contribution in [1.29, 1.82) is 0 Å². The molecule has 0 amide bonds. The number of anilines is 1. The van der Waals surface area contributed by atoms with Crippen LogP contribution in [0.15, 0.2) is 24.3 Å². The molecular weight excluding hydrogens is 253 g/mol. The first-order valence-corrected chi connectivity index (χ1v) is 6.07. The second-order valence-corrected chi connectivity index (χ2v) is 4.74. The van der Waals surface area contributed by atoms with Crippen LogP contribution >= 0.6 is 11.6 Å². The van der Waals surface area contributed by atoms with Crippen LogP contribution in [0.1, 0.15) is 24.2 Å². The Hall–Kier alpha value is -1.55. The molecule has 0 spiro atoms. The molecule has 0 bridgehead atoms. The number of benzene rings is 1. The molecule has 2 aromatic rings. The van der Waals surface area contributed by atoms with Crippen LogP contribution in [0.25, 0.3) is 0 Å². The Kier molecular flexibility index (Phi) is 3.57. The Labute approximate surface area is 111 Å². The van der Waals surface area contributed by atoms with Gasteiger partial charge in [-0.15, -0.1) is 0 Å². The number of rotatable bonds is 3. The first-order valence-electron chi connectivity index (χ1n) is 5.69. The summed E-state index contributed by atoms with van der Waals surface area (Å²) in [6.45, 7) is 3.96. The molecule has 1 atom stereocenters. The standard InChI is InChI=1S/C13H15ClFN3/c1-8-6-13(17-18(8)3)16-9(2)10-4-5-12(15)11(14)7-10/h4-7,9H,1-3H3,(H,16,17). The van der Waals surface area contributed by atoms with Crippen molar-refractivity contribution >= 4 is 17.4 Å². The van der Waals surface area contributed by atoms with E-state index in [0.29, 0.717) is 0 Å². The van der Waals surface area contributed by atoms with Crippen molar-refractivity contribution in [3.8, 4) is 0 Å². The van der Waals surface area contributed by atoms with E-state index in [-0.39, 0.29) is 11.1 Å². The predicted octanol–water partition coefficient (Wildman–Crippen LogP) is 3.69. The lowest BCUT2D eigenvalue weighted by Crippen LogP contribution is -2.07. The van der Waals surface area contributed by atoms with Crippen molar-refractivity contribution < 1.29 is 4.39 Å². The van der Waals surface area contributed by atoms with Gasteiger partial charge in [0, 0.05) is 18.8 Å². The summed E-state index contributed by atoms with van der Waals surface area (Å²) >= 11 is 5.77. The van der Waals surface area contributed by atoms with E-state index in [2.05, 4.69) is 10.4 Å². The fourth-order valence-corrected chi connectivity index (χ4v) is 1.91. The zero-order valence-electron chi connectivity index (χ0n) is 10.5. The molecule has 96 valence electrons. The maximum Gasteiger partial charge on any atom is 0.148 e. The Balaban J connectivity index is 2.16. The Morgan fingerprint density at radius 1 is 1.39 bits per heavy atom. The van der Waals surface area contributed by atoms with Crippen LogP contribution < -0.4 is 5.32 Å². The van der Waals surface area contributed by atoms with E-state index in [1.165, 1.54) is 6.07 Å². The summed E-state index contributed by atoms with van der Waals surface area (Å²) < 4.78 is 14.9. The summed E-state index contributed by atoms with van der Waals surface area (Å²) in [5.41, 5.74) is 1.99. The molecule has 0 saturated heterocycles. The molecule has 0 aliphatic rings. The second kappa shape index (κ2) is 4.98. The van der Waals surface area contributed by atoms with E-state index in [1.54, 1.807) is 16.8 Å². The summed E-state index contributed by atoms with van der Waals surface area (Å²) in [6, 6.07) is 6.69. The highest BCUT2D eigenvalue weighted by Gasteiger charge is 2.10. The quantitative estimate of drug-likeness (QED) is 0.919. The Morgan fingerprint density at radius 2 is 2.11 bits per heavy atom. The zero-order valence-corrected chi connectivity index (χ0v) is 11.3. The molecule has 1 aromatic carbocycles. The van der Waals surface area contributed by atoms with Crippen LogP contribution in [0.3, 0.4) is 0 Å². The second-order valence-electron chi connectivity index (χ2n) is 4.33. The number of halogens is 2.